The van der Waals surface area contributed by atoms with Crippen molar-refractivity contribution in [3.05, 3.63) is 40.3 Å². The second kappa shape index (κ2) is 4.06. The van der Waals surface area contributed by atoms with E-state index in [1.165, 1.54) is 5.56 Å². The summed E-state index contributed by atoms with van der Waals surface area (Å²) in [7, 11) is 1.66. The van der Waals surface area contributed by atoms with Crippen molar-refractivity contribution in [3.8, 4) is 5.75 Å². The van der Waals surface area contributed by atoms with E-state index in [9.17, 15) is 0 Å². The molecule has 2 aromatic rings. The van der Waals surface area contributed by atoms with Crippen LogP contribution in [0.1, 0.15) is 17.9 Å². The topological polar surface area (TPSA) is 34.5 Å². The first kappa shape index (κ1) is 10.8. The summed E-state index contributed by atoms with van der Waals surface area (Å²) in [5, 5.41) is 0. The normalized spacial score (nSPS) is 11.9. The van der Waals surface area contributed by atoms with E-state index in [2.05, 4.69) is 9.98 Å². The predicted molar refractivity (Wildman–Crippen MR) is 67.1 cm³/mol. The summed E-state index contributed by atoms with van der Waals surface area (Å²) in [6.07, 6.45) is 1.84. The Labute approximate surface area is 98.5 Å². The van der Waals surface area contributed by atoms with E-state index in [0.29, 0.717) is 0 Å². The molecule has 1 aromatic carbocycles. The number of hydrogen-bond acceptors (Lipinski definition) is 4. The molecule has 0 saturated heterocycles. The van der Waals surface area contributed by atoms with Crippen LogP contribution in [0.15, 0.2) is 34.9 Å². The van der Waals surface area contributed by atoms with Crippen molar-refractivity contribution >= 4 is 22.7 Å². The standard InChI is InChI=1S/C11H8N2OS.CH4/c1-14-7-2-3-8-9(4-7)13-11(8)10-5-12-6-15-10;/h2-6H,1H3;1H4. The third-order valence-corrected chi connectivity index (χ3v) is 3.14. The lowest BCUT2D eigenvalue weighted by atomic mass is 10.0. The Morgan fingerprint density at radius 3 is 2.81 bits per heavy atom. The van der Waals surface area contributed by atoms with E-state index >= 15 is 0 Å². The molecule has 1 aliphatic rings. The van der Waals surface area contributed by atoms with Crippen LogP contribution in [0.3, 0.4) is 0 Å². The number of ether oxygens (including phenoxy) is 1. The Hall–Kier alpha value is -1.68. The van der Waals surface area contributed by atoms with Gasteiger partial charge in [0.2, 0.25) is 0 Å². The van der Waals surface area contributed by atoms with Gasteiger partial charge in [0.25, 0.3) is 0 Å². The molecule has 0 saturated carbocycles. The fourth-order valence-electron chi connectivity index (χ4n) is 1.58. The highest BCUT2D eigenvalue weighted by atomic mass is 32.1. The Morgan fingerprint density at radius 2 is 2.19 bits per heavy atom. The molecule has 82 valence electrons. The average Bonchev–Trinajstić information content (AvgIpc) is 2.73. The molecule has 0 aliphatic carbocycles. The Kier molecular flexibility index (Phi) is 2.75. The fraction of sp³-hybridized carbons (Fsp3) is 0.167. The molecule has 3 rings (SSSR count). The molecule has 0 amide bonds. The van der Waals surface area contributed by atoms with Gasteiger partial charge in [0.15, 0.2) is 0 Å². The van der Waals surface area contributed by atoms with Gasteiger partial charge in [-0.05, 0) is 12.1 Å². The predicted octanol–water partition coefficient (Wildman–Crippen LogP) is 3.27. The molecule has 0 fully saturated rings. The third kappa shape index (κ3) is 1.51. The van der Waals surface area contributed by atoms with Crippen LogP contribution in [-0.2, 0) is 0 Å². The number of aromatic nitrogens is 1. The summed E-state index contributed by atoms with van der Waals surface area (Å²) in [5.74, 6) is 0.848. The van der Waals surface area contributed by atoms with Crippen molar-refractivity contribution in [2.24, 2.45) is 4.99 Å². The molecule has 0 unspecified atom stereocenters. The van der Waals surface area contributed by atoms with E-state index in [1.807, 2.05) is 29.9 Å². The molecule has 0 atom stereocenters. The highest BCUT2D eigenvalue weighted by molar-refractivity contribution is 7.12. The van der Waals surface area contributed by atoms with Crippen LogP contribution in [0.2, 0.25) is 0 Å². The van der Waals surface area contributed by atoms with Crippen molar-refractivity contribution < 1.29 is 4.74 Å². The molecule has 4 heteroatoms. The highest BCUT2D eigenvalue weighted by Crippen LogP contribution is 2.36. The minimum atomic E-state index is 0. The molecule has 0 bridgehead atoms. The summed E-state index contributed by atoms with van der Waals surface area (Å²) < 4.78 is 5.13. The van der Waals surface area contributed by atoms with Crippen molar-refractivity contribution in [3.63, 3.8) is 0 Å². The molecular weight excluding hydrogens is 220 g/mol. The monoisotopic (exact) mass is 232 g/mol. The number of hydrogen-bond donors (Lipinski definition) is 0. The molecule has 0 spiro atoms. The van der Waals surface area contributed by atoms with Gasteiger partial charge in [0.1, 0.15) is 5.75 Å². The van der Waals surface area contributed by atoms with Crippen LogP contribution in [0.4, 0.5) is 5.69 Å². The highest BCUT2D eigenvalue weighted by Gasteiger charge is 2.21. The quantitative estimate of drug-likeness (QED) is 0.679. The molecule has 0 radical (unpaired) electrons. The number of benzene rings is 1. The maximum absolute atomic E-state index is 5.13. The van der Waals surface area contributed by atoms with Crippen molar-refractivity contribution in [1.29, 1.82) is 0 Å². The Morgan fingerprint density at radius 1 is 1.31 bits per heavy atom. The summed E-state index contributed by atoms with van der Waals surface area (Å²) in [6.45, 7) is 0. The lowest BCUT2D eigenvalue weighted by molar-refractivity contribution is 0.415. The first-order valence-electron chi connectivity index (χ1n) is 4.54. The van der Waals surface area contributed by atoms with E-state index in [0.717, 1.165) is 22.0 Å². The van der Waals surface area contributed by atoms with Crippen LogP contribution in [0, 0.1) is 0 Å². The van der Waals surface area contributed by atoms with E-state index in [-0.39, 0.29) is 7.43 Å². The number of nitrogens with zero attached hydrogens (tertiary/aromatic N) is 2. The van der Waals surface area contributed by atoms with Gasteiger partial charge in [-0.15, -0.1) is 11.3 Å². The maximum Gasteiger partial charge on any atom is 0.121 e. The first-order chi connectivity index (χ1) is 7.38. The van der Waals surface area contributed by atoms with Gasteiger partial charge in [0.05, 0.1) is 28.9 Å². The van der Waals surface area contributed by atoms with Gasteiger partial charge >= 0.3 is 0 Å². The van der Waals surface area contributed by atoms with Crippen LogP contribution < -0.4 is 4.74 Å². The van der Waals surface area contributed by atoms with Crippen LogP contribution in [0.5, 0.6) is 5.75 Å². The van der Waals surface area contributed by atoms with E-state index < -0.39 is 0 Å². The average molecular weight is 232 g/mol. The second-order valence-electron chi connectivity index (χ2n) is 3.21. The molecule has 3 nitrogen and oxygen atoms in total. The summed E-state index contributed by atoms with van der Waals surface area (Å²) in [5.41, 5.74) is 5.03. The lowest BCUT2D eigenvalue weighted by Crippen LogP contribution is -2.09. The number of aliphatic imine (C=N–C) groups is 1. The molecule has 0 N–H and O–H groups in total. The Balaban J connectivity index is 0.000000963. The second-order valence-corrected chi connectivity index (χ2v) is 4.10. The fourth-order valence-corrected chi connectivity index (χ4v) is 2.20. The lowest BCUT2D eigenvalue weighted by Gasteiger charge is -2.17. The van der Waals surface area contributed by atoms with Crippen LogP contribution in [0.25, 0.3) is 0 Å². The smallest absolute Gasteiger partial charge is 0.121 e. The molecule has 2 heterocycles. The summed E-state index contributed by atoms with van der Waals surface area (Å²) in [4.78, 5) is 9.61. The van der Waals surface area contributed by atoms with Gasteiger partial charge in [-0.1, -0.05) is 7.43 Å². The van der Waals surface area contributed by atoms with Crippen molar-refractivity contribution in [2.75, 3.05) is 7.11 Å². The molecule has 1 aromatic heterocycles. The minimum Gasteiger partial charge on any atom is -0.497 e. The van der Waals surface area contributed by atoms with Gasteiger partial charge in [0, 0.05) is 17.8 Å². The maximum atomic E-state index is 5.13. The molecule has 16 heavy (non-hydrogen) atoms. The molecule has 1 aliphatic heterocycles. The summed E-state index contributed by atoms with van der Waals surface area (Å²) >= 11 is 1.61. The molecular formula is C12H12N2OS. The van der Waals surface area contributed by atoms with Gasteiger partial charge in [-0.25, -0.2) is 4.99 Å². The number of methoxy groups -OCH3 is 1. The first-order valence-corrected chi connectivity index (χ1v) is 5.42. The Bertz CT molecular complexity index is 532. The van der Waals surface area contributed by atoms with Crippen molar-refractivity contribution in [2.45, 2.75) is 7.43 Å². The minimum absolute atomic E-state index is 0. The van der Waals surface area contributed by atoms with E-state index in [4.69, 9.17) is 4.74 Å². The van der Waals surface area contributed by atoms with Gasteiger partial charge in [-0.2, -0.15) is 0 Å². The third-order valence-electron chi connectivity index (χ3n) is 2.36. The number of thiazole rings is 1. The van der Waals surface area contributed by atoms with Crippen LogP contribution >= 0.6 is 11.3 Å². The zero-order valence-corrected chi connectivity index (χ0v) is 8.91. The van der Waals surface area contributed by atoms with Gasteiger partial charge < -0.3 is 4.74 Å². The summed E-state index contributed by atoms with van der Waals surface area (Å²) in [6, 6.07) is 5.94. The SMILES string of the molecule is C.COc1ccc2c(c1)N=C2c1cncs1. The van der Waals surface area contributed by atoms with Crippen molar-refractivity contribution in [1.82, 2.24) is 4.98 Å². The zero-order chi connectivity index (χ0) is 10.3. The number of fused-ring (bicyclic) bond motifs is 1. The van der Waals surface area contributed by atoms with E-state index in [1.54, 1.807) is 18.4 Å². The zero-order valence-electron chi connectivity index (χ0n) is 8.10. The van der Waals surface area contributed by atoms with Gasteiger partial charge in [-0.3, -0.25) is 4.98 Å². The largest absolute Gasteiger partial charge is 0.497 e. The van der Waals surface area contributed by atoms with Crippen LogP contribution in [-0.4, -0.2) is 17.8 Å². The number of rotatable bonds is 2.